The van der Waals surface area contributed by atoms with Crippen molar-refractivity contribution in [1.82, 2.24) is 19.7 Å². The Morgan fingerprint density at radius 2 is 1.97 bits per heavy atom. The molecular weight excluding hydrogens is 400 g/mol. The van der Waals surface area contributed by atoms with Crippen LogP contribution in [0.3, 0.4) is 0 Å². The summed E-state index contributed by atoms with van der Waals surface area (Å²) in [4.78, 5) is 35.4. The van der Waals surface area contributed by atoms with Crippen LogP contribution in [0.1, 0.15) is 5.69 Å². The van der Waals surface area contributed by atoms with Gasteiger partial charge in [-0.3, -0.25) is 14.1 Å². The number of pyridine rings is 1. The van der Waals surface area contributed by atoms with E-state index in [0.29, 0.717) is 35.4 Å². The van der Waals surface area contributed by atoms with Crippen molar-refractivity contribution < 1.29 is 9.59 Å². The van der Waals surface area contributed by atoms with Crippen LogP contribution >= 0.6 is 11.3 Å². The van der Waals surface area contributed by atoms with E-state index in [1.807, 2.05) is 64.5 Å². The van der Waals surface area contributed by atoms with E-state index in [-0.39, 0.29) is 18.4 Å². The van der Waals surface area contributed by atoms with Gasteiger partial charge >= 0.3 is 6.03 Å². The molecule has 0 spiro atoms. The lowest BCUT2D eigenvalue weighted by Gasteiger charge is -2.09. The maximum Gasteiger partial charge on any atom is 0.323 e. The van der Waals surface area contributed by atoms with Crippen molar-refractivity contribution in [3.8, 4) is 11.3 Å². The standard InChI is InChI=1S/C21H18N6O2S/c28-17(12-15-13-30-21(23-15)27-11-9-22-20(27)29)25-19-18(14-6-2-1-3-7-14)24-16-8-4-5-10-26(16)19/h1-8,10,13H,9,11-12H2,(H,22,29)(H,25,28). The topological polar surface area (TPSA) is 91.6 Å². The van der Waals surface area contributed by atoms with Crippen LogP contribution in [0.15, 0.2) is 60.1 Å². The van der Waals surface area contributed by atoms with Crippen LogP contribution in [0.5, 0.6) is 0 Å². The van der Waals surface area contributed by atoms with Gasteiger partial charge in [0.25, 0.3) is 0 Å². The first-order chi connectivity index (χ1) is 14.7. The van der Waals surface area contributed by atoms with Gasteiger partial charge < -0.3 is 10.6 Å². The molecule has 0 atom stereocenters. The quantitative estimate of drug-likeness (QED) is 0.521. The predicted molar refractivity (Wildman–Crippen MR) is 116 cm³/mol. The number of fused-ring (bicyclic) bond motifs is 1. The molecule has 0 bridgehead atoms. The summed E-state index contributed by atoms with van der Waals surface area (Å²) >= 11 is 1.36. The minimum absolute atomic E-state index is 0.111. The number of thiazole rings is 1. The molecule has 1 saturated heterocycles. The molecule has 0 unspecified atom stereocenters. The van der Waals surface area contributed by atoms with Gasteiger partial charge in [0.15, 0.2) is 5.13 Å². The molecule has 5 rings (SSSR count). The van der Waals surface area contributed by atoms with Gasteiger partial charge in [0.05, 0.1) is 12.1 Å². The number of nitrogens with zero attached hydrogens (tertiary/aromatic N) is 4. The van der Waals surface area contributed by atoms with Gasteiger partial charge in [0.1, 0.15) is 17.2 Å². The zero-order valence-electron chi connectivity index (χ0n) is 15.9. The number of urea groups is 1. The van der Waals surface area contributed by atoms with E-state index < -0.39 is 0 Å². The zero-order chi connectivity index (χ0) is 20.5. The number of nitrogens with one attached hydrogen (secondary N) is 2. The van der Waals surface area contributed by atoms with Crippen molar-refractivity contribution in [1.29, 1.82) is 0 Å². The van der Waals surface area contributed by atoms with Crippen LogP contribution in [0.2, 0.25) is 0 Å². The molecule has 1 aliphatic rings. The van der Waals surface area contributed by atoms with Gasteiger partial charge in [-0.15, -0.1) is 11.3 Å². The summed E-state index contributed by atoms with van der Waals surface area (Å²) in [5.41, 5.74) is 3.01. The number of carbonyl (C=O) groups excluding carboxylic acids is 2. The Labute approximate surface area is 176 Å². The summed E-state index contributed by atoms with van der Waals surface area (Å²) in [6.07, 6.45) is 1.98. The number of carbonyl (C=O) groups is 2. The monoisotopic (exact) mass is 418 g/mol. The molecule has 1 aliphatic heterocycles. The Balaban J connectivity index is 1.40. The summed E-state index contributed by atoms with van der Waals surface area (Å²) in [6, 6.07) is 15.3. The lowest BCUT2D eigenvalue weighted by Crippen LogP contribution is -2.27. The average Bonchev–Trinajstić information content (AvgIpc) is 3.48. The second-order valence-corrected chi connectivity index (χ2v) is 7.67. The number of hydrogen-bond donors (Lipinski definition) is 2. The van der Waals surface area contributed by atoms with Crippen molar-refractivity contribution in [2.45, 2.75) is 6.42 Å². The summed E-state index contributed by atoms with van der Waals surface area (Å²) < 4.78 is 1.86. The third-order valence-corrected chi connectivity index (χ3v) is 5.72. The SMILES string of the molecule is O=C(Cc1csc(N2CCNC2=O)n1)Nc1c(-c2ccccc2)nc2ccccn12. The first-order valence-electron chi connectivity index (χ1n) is 9.51. The zero-order valence-corrected chi connectivity index (χ0v) is 16.7. The predicted octanol–water partition coefficient (Wildman–Crippen LogP) is 3.17. The van der Waals surface area contributed by atoms with E-state index in [1.165, 1.54) is 11.3 Å². The first-order valence-corrected chi connectivity index (χ1v) is 10.4. The third kappa shape index (κ3) is 3.39. The number of rotatable bonds is 5. The molecule has 3 amide bonds. The number of amides is 3. The molecule has 4 aromatic rings. The molecule has 2 N–H and O–H groups in total. The fourth-order valence-corrected chi connectivity index (χ4v) is 4.26. The van der Waals surface area contributed by atoms with Gasteiger partial charge in [0.2, 0.25) is 5.91 Å². The van der Waals surface area contributed by atoms with E-state index in [2.05, 4.69) is 15.6 Å². The second kappa shape index (κ2) is 7.60. The highest BCUT2D eigenvalue weighted by atomic mass is 32.1. The molecular formula is C21H18N6O2S. The molecule has 4 heterocycles. The average molecular weight is 418 g/mol. The van der Waals surface area contributed by atoms with E-state index in [9.17, 15) is 9.59 Å². The van der Waals surface area contributed by atoms with E-state index >= 15 is 0 Å². The van der Waals surface area contributed by atoms with Crippen molar-refractivity contribution in [2.75, 3.05) is 23.3 Å². The molecule has 9 heteroatoms. The Morgan fingerprint density at radius 1 is 1.13 bits per heavy atom. The molecule has 0 saturated carbocycles. The fraction of sp³-hybridized carbons (Fsp3) is 0.143. The molecule has 3 aromatic heterocycles. The Kier molecular flexibility index (Phi) is 4.64. The van der Waals surface area contributed by atoms with Crippen molar-refractivity contribution in [3.63, 3.8) is 0 Å². The Hall–Kier alpha value is -3.72. The van der Waals surface area contributed by atoms with Crippen molar-refractivity contribution >= 4 is 39.9 Å². The van der Waals surface area contributed by atoms with Crippen molar-refractivity contribution in [3.05, 3.63) is 65.8 Å². The second-order valence-electron chi connectivity index (χ2n) is 6.83. The summed E-state index contributed by atoms with van der Waals surface area (Å²) in [5, 5.41) is 8.17. The highest BCUT2D eigenvalue weighted by Crippen LogP contribution is 2.29. The molecule has 8 nitrogen and oxygen atoms in total. The summed E-state index contributed by atoms with van der Waals surface area (Å²) in [7, 11) is 0. The summed E-state index contributed by atoms with van der Waals surface area (Å²) in [5.74, 6) is 0.428. The smallest absolute Gasteiger partial charge is 0.323 e. The Bertz CT molecular complexity index is 1230. The molecule has 0 aliphatic carbocycles. The van der Waals surface area contributed by atoms with E-state index in [0.717, 1.165) is 11.2 Å². The third-order valence-electron chi connectivity index (χ3n) is 4.80. The number of hydrogen-bond acceptors (Lipinski definition) is 5. The maximum atomic E-state index is 12.8. The first kappa shape index (κ1) is 18.3. The largest absolute Gasteiger partial charge is 0.336 e. The van der Waals surface area contributed by atoms with Crippen LogP contribution in [0.4, 0.5) is 15.7 Å². The lowest BCUT2D eigenvalue weighted by molar-refractivity contribution is -0.115. The Morgan fingerprint density at radius 3 is 2.77 bits per heavy atom. The normalized spacial score (nSPS) is 13.6. The number of imidazole rings is 1. The summed E-state index contributed by atoms with van der Waals surface area (Å²) in [6.45, 7) is 1.19. The van der Waals surface area contributed by atoms with Crippen molar-refractivity contribution in [2.24, 2.45) is 0 Å². The van der Waals surface area contributed by atoms with Gasteiger partial charge in [-0.2, -0.15) is 0 Å². The van der Waals surface area contributed by atoms with Crippen LogP contribution in [0, 0.1) is 0 Å². The number of benzene rings is 1. The fourth-order valence-electron chi connectivity index (χ4n) is 3.41. The van der Waals surface area contributed by atoms with E-state index in [4.69, 9.17) is 4.98 Å². The molecule has 0 radical (unpaired) electrons. The van der Waals surface area contributed by atoms with E-state index in [1.54, 1.807) is 4.90 Å². The maximum absolute atomic E-state index is 12.8. The van der Waals surface area contributed by atoms with Gasteiger partial charge in [-0.05, 0) is 12.1 Å². The van der Waals surface area contributed by atoms with Crippen LogP contribution in [-0.4, -0.2) is 39.4 Å². The highest BCUT2D eigenvalue weighted by molar-refractivity contribution is 7.14. The van der Waals surface area contributed by atoms with Gasteiger partial charge in [-0.1, -0.05) is 36.4 Å². The van der Waals surface area contributed by atoms with Gasteiger partial charge in [-0.25, -0.2) is 14.8 Å². The number of anilines is 2. The van der Waals surface area contributed by atoms with Gasteiger partial charge in [0, 0.05) is 30.2 Å². The van der Waals surface area contributed by atoms with Crippen LogP contribution < -0.4 is 15.5 Å². The lowest BCUT2D eigenvalue weighted by atomic mass is 10.1. The highest BCUT2D eigenvalue weighted by Gasteiger charge is 2.24. The molecule has 30 heavy (non-hydrogen) atoms. The van der Waals surface area contributed by atoms with Crippen LogP contribution in [0.25, 0.3) is 16.9 Å². The molecule has 1 fully saturated rings. The minimum atomic E-state index is -0.194. The minimum Gasteiger partial charge on any atom is -0.336 e. The molecule has 150 valence electrons. The molecule has 1 aromatic carbocycles. The number of aromatic nitrogens is 3. The van der Waals surface area contributed by atoms with Crippen LogP contribution in [-0.2, 0) is 11.2 Å².